The van der Waals surface area contributed by atoms with Gasteiger partial charge in [0.1, 0.15) is 11.5 Å². The van der Waals surface area contributed by atoms with Gasteiger partial charge >= 0.3 is 0 Å². The molecule has 0 aliphatic carbocycles. The first kappa shape index (κ1) is 37.5. The van der Waals surface area contributed by atoms with Crippen molar-refractivity contribution >= 4 is 95.1 Å². The maximum absolute atomic E-state index is 5.12. The number of benzene rings is 8. The molecule has 0 saturated carbocycles. The van der Waals surface area contributed by atoms with Crippen LogP contribution in [0.25, 0.3) is 54.8 Å². The van der Waals surface area contributed by atoms with Crippen molar-refractivity contribution in [2.24, 2.45) is 0 Å². The highest BCUT2D eigenvalue weighted by Gasteiger charge is 2.45. The van der Waals surface area contributed by atoms with E-state index in [9.17, 15) is 0 Å². The summed E-state index contributed by atoms with van der Waals surface area (Å²) in [6.45, 7) is 4.82. The van der Waals surface area contributed by atoms with Crippen LogP contribution in [0, 0.1) is 0 Å². The second-order valence-electron chi connectivity index (χ2n) is 17.8. The molecular formula is C59H43N5Si. The molecule has 0 saturated heterocycles. The van der Waals surface area contributed by atoms with Crippen LogP contribution in [0.1, 0.15) is 25.0 Å². The molecule has 1 aliphatic heterocycles. The number of hydrogen-bond donors (Lipinski definition) is 0. The highest BCUT2D eigenvalue weighted by atomic mass is 28.3. The van der Waals surface area contributed by atoms with E-state index in [2.05, 4.69) is 234 Å². The number of imidazole rings is 1. The maximum Gasteiger partial charge on any atom is 0.179 e. The van der Waals surface area contributed by atoms with E-state index < -0.39 is 13.5 Å². The Balaban J connectivity index is 1.13. The summed E-state index contributed by atoms with van der Waals surface area (Å²) in [5.41, 5.74) is 10.1. The molecule has 0 atom stereocenters. The molecule has 0 N–H and O–H groups in total. The topological polar surface area (TPSA) is 38.4 Å². The average Bonchev–Trinajstić information content (AvgIpc) is 4.00. The third-order valence-corrected chi connectivity index (χ3v) is 18.9. The van der Waals surface area contributed by atoms with E-state index in [4.69, 9.17) is 9.97 Å². The van der Waals surface area contributed by atoms with Crippen molar-refractivity contribution in [1.82, 2.24) is 18.9 Å². The Morgan fingerprint density at radius 2 is 1.06 bits per heavy atom. The highest BCUT2D eigenvalue weighted by molar-refractivity contribution is 7.20. The number of fused-ring (bicyclic) bond motifs is 12. The minimum Gasteiger partial charge on any atom is -0.309 e. The van der Waals surface area contributed by atoms with Gasteiger partial charge in [0, 0.05) is 56.8 Å². The molecule has 0 spiro atoms. The van der Waals surface area contributed by atoms with Gasteiger partial charge in [-0.05, 0) is 80.2 Å². The monoisotopic (exact) mass is 849 g/mol. The lowest BCUT2D eigenvalue weighted by Crippen LogP contribution is -2.74. The quantitative estimate of drug-likeness (QED) is 0.0950. The van der Waals surface area contributed by atoms with Gasteiger partial charge in [0.05, 0.1) is 27.9 Å². The Bertz CT molecular complexity index is 3760. The van der Waals surface area contributed by atoms with Crippen LogP contribution in [-0.2, 0) is 5.41 Å². The Hall–Kier alpha value is -8.06. The van der Waals surface area contributed by atoms with Gasteiger partial charge in [-0.25, -0.2) is 9.97 Å². The number of hydrogen-bond acceptors (Lipinski definition) is 3. The molecule has 308 valence electrons. The summed E-state index contributed by atoms with van der Waals surface area (Å²) < 4.78 is 4.72. The first-order valence-electron chi connectivity index (χ1n) is 22.4. The van der Waals surface area contributed by atoms with Crippen LogP contribution in [0.5, 0.6) is 0 Å². The third kappa shape index (κ3) is 5.32. The minimum atomic E-state index is -3.09. The normalized spacial score (nSPS) is 13.5. The second kappa shape index (κ2) is 14.2. The first-order valence-corrected chi connectivity index (χ1v) is 24.4. The van der Waals surface area contributed by atoms with Gasteiger partial charge in [0.2, 0.25) is 0 Å². The fourth-order valence-electron chi connectivity index (χ4n) is 11.4. The van der Waals surface area contributed by atoms with E-state index in [1.165, 1.54) is 64.5 Å². The second-order valence-corrected chi connectivity index (χ2v) is 21.6. The van der Waals surface area contributed by atoms with Gasteiger partial charge in [0.25, 0.3) is 0 Å². The summed E-state index contributed by atoms with van der Waals surface area (Å²) in [7, 11) is -3.09. The smallest absolute Gasteiger partial charge is 0.179 e. The van der Waals surface area contributed by atoms with E-state index in [1.807, 2.05) is 18.5 Å². The van der Waals surface area contributed by atoms with Gasteiger partial charge in [-0.2, -0.15) is 0 Å². The molecule has 5 heterocycles. The standard InChI is InChI=1S/C59H43N5Si/c1-59(2)50-33-30-44(39-54(50)64(55-28-16-17-35-60-55)53-34-32-48-47-25-13-15-27-52(47)63(57(48)56(53)59)40-18-6-3-7-19-40)65(41-20-8-4-9-21-41,42-22-10-5-11-23-42)43-29-31-45-46-24-12-14-26-51(46)62-37-36-61-58(62)49(45)38-43/h3-39H,1-2H3. The lowest BCUT2D eigenvalue weighted by molar-refractivity contribution is 0.635. The molecule has 0 amide bonds. The van der Waals surface area contributed by atoms with Crippen molar-refractivity contribution in [3.63, 3.8) is 0 Å². The largest absolute Gasteiger partial charge is 0.309 e. The van der Waals surface area contributed by atoms with E-state index in [0.717, 1.165) is 39.4 Å². The molecule has 4 aromatic heterocycles. The van der Waals surface area contributed by atoms with Crippen molar-refractivity contribution < 1.29 is 0 Å². The summed E-state index contributed by atoms with van der Waals surface area (Å²) in [6, 6.07) is 76.4. The van der Waals surface area contributed by atoms with Crippen molar-refractivity contribution in [3.8, 4) is 5.69 Å². The van der Waals surface area contributed by atoms with Crippen molar-refractivity contribution in [2.45, 2.75) is 19.3 Å². The lowest BCUT2D eigenvalue weighted by atomic mass is 9.72. The minimum absolute atomic E-state index is 0.408. The molecule has 0 unspecified atom stereocenters. The number of para-hydroxylation sites is 3. The molecule has 12 aromatic rings. The first-order chi connectivity index (χ1) is 32.0. The summed E-state index contributed by atoms with van der Waals surface area (Å²) in [5.74, 6) is 0.885. The lowest BCUT2D eigenvalue weighted by Gasteiger charge is -2.43. The number of aromatic nitrogens is 4. The van der Waals surface area contributed by atoms with E-state index in [-0.39, 0.29) is 0 Å². The van der Waals surface area contributed by atoms with Crippen molar-refractivity contribution in [1.29, 1.82) is 0 Å². The van der Waals surface area contributed by atoms with Crippen LogP contribution in [-0.4, -0.2) is 27.0 Å². The van der Waals surface area contributed by atoms with E-state index in [1.54, 1.807) is 0 Å². The zero-order valence-electron chi connectivity index (χ0n) is 36.1. The number of pyridine rings is 2. The van der Waals surface area contributed by atoms with Gasteiger partial charge in [-0.1, -0.05) is 172 Å². The predicted molar refractivity (Wildman–Crippen MR) is 273 cm³/mol. The van der Waals surface area contributed by atoms with E-state index >= 15 is 0 Å². The Morgan fingerprint density at radius 3 is 1.78 bits per heavy atom. The number of rotatable bonds is 6. The molecular weight excluding hydrogens is 807 g/mol. The van der Waals surface area contributed by atoms with Crippen LogP contribution in [0.15, 0.2) is 225 Å². The van der Waals surface area contributed by atoms with Gasteiger partial charge in [0.15, 0.2) is 8.07 Å². The Morgan fingerprint density at radius 1 is 0.446 bits per heavy atom. The molecule has 5 nitrogen and oxygen atoms in total. The Labute approximate surface area is 378 Å². The summed E-state index contributed by atoms with van der Waals surface area (Å²) >= 11 is 0. The summed E-state index contributed by atoms with van der Waals surface area (Å²) in [6.07, 6.45) is 5.93. The van der Waals surface area contributed by atoms with Gasteiger partial charge in [-0.15, -0.1) is 0 Å². The molecule has 0 fully saturated rings. The molecule has 0 bridgehead atoms. The van der Waals surface area contributed by atoms with Gasteiger partial charge < -0.3 is 4.57 Å². The molecule has 13 rings (SSSR count). The third-order valence-electron chi connectivity index (χ3n) is 14.1. The molecule has 1 aliphatic rings. The highest BCUT2D eigenvalue weighted by Crippen LogP contribution is 2.54. The number of anilines is 3. The average molecular weight is 850 g/mol. The maximum atomic E-state index is 5.12. The number of nitrogens with zero attached hydrogens (tertiary/aromatic N) is 5. The predicted octanol–water partition coefficient (Wildman–Crippen LogP) is 11.6. The van der Waals surface area contributed by atoms with Crippen molar-refractivity contribution in [3.05, 3.63) is 236 Å². The fraction of sp³-hybridized carbons (Fsp3) is 0.0508. The van der Waals surface area contributed by atoms with Crippen molar-refractivity contribution in [2.75, 3.05) is 4.90 Å². The van der Waals surface area contributed by atoms with Crippen LogP contribution in [0.4, 0.5) is 17.2 Å². The molecule has 65 heavy (non-hydrogen) atoms. The summed E-state index contributed by atoms with van der Waals surface area (Å²) in [4.78, 5) is 12.6. The van der Waals surface area contributed by atoms with Gasteiger partial charge in [-0.3, -0.25) is 9.30 Å². The zero-order valence-corrected chi connectivity index (χ0v) is 37.1. The van der Waals surface area contributed by atoms with Crippen LogP contribution >= 0.6 is 0 Å². The molecule has 6 heteroatoms. The van der Waals surface area contributed by atoms with Crippen LogP contribution in [0.3, 0.4) is 0 Å². The van der Waals surface area contributed by atoms with E-state index in [0.29, 0.717) is 0 Å². The Kier molecular flexibility index (Phi) is 8.20. The van der Waals surface area contributed by atoms with Crippen LogP contribution in [0.2, 0.25) is 0 Å². The molecule has 0 radical (unpaired) electrons. The fourth-order valence-corrected chi connectivity index (χ4v) is 16.1. The molecule has 8 aromatic carbocycles. The zero-order chi connectivity index (χ0) is 43.3. The van der Waals surface area contributed by atoms with Crippen LogP contribution < -0.4 is 25.6 Å². The summed E-state index contributed by atoms with van der Waals surface area (Å²) in [5, 5.41) is 11.3. The SMILES string of the molecule is CC1(C)c2ccc([Si](c3ccccc3)(c3ccccc3)c3ccc4c5ccccc5n5ccnc5c4c3)cc2N(c2ccccn2)c2ccc3c4ccccc4n(-c4ccccc4)c3c21.